The fourth-order valence-corrected chi connectivity index (χ4v) is 2.64. The minimum absolute atomic E-state index is 0.748. The maximum atomic E-state index is 5.96. The van der Waals surface area contributed by atoms with Crippen molar-refractivity contribution in [1.29, 1.82) is 0 Å². The van der Waals surface area contributed by atoms with Crippen LogP contribution < -0.4 is 0 Å². The zero-order valence-corrected chi connectivity index (χ0v) is 13.8. The molecule has 0 amide bonds. The third-order valence-corrected chi connectivity index (χ3v) is 4.05. The van der Waals surface area contributed by atoms with E-state index in [2.05, 4.69) is 45.2 Å². The molecule has 2 aromatic carbocycles. The topological polar surface area (TPSA) is 12.9 Å². The lowest BCUT2D eigenvalue weighted by Crippen LogP contribution is -1.89. The Morgan fingerprint density at radius 1 is 0.810 bits per heavy atom. The van der Waals surface area contributed by atoms with Crippen molar-refractivity contribution in [1.82, 2.24) is 4.98 Å². The van der Waals surface area contributed by atoms with Gasteiger partial charge in [-0.15, -0.1) is 0 Å². The van der Waals surface area contributed by atoms with Crippen LogP contribution in [0.4, 0.5) is 0 Å². The largest absolute Gasteiger partial charge is 0.253 e. The molecule has 0 saturated heterocycles. The molecule has 0 aliphatic rings. The van der Waals surface area contributed by atoms with Gasteiger partial charge in [0.25, 0.3) is 0 Å². The van der Waals surface area contributed by atoms with Crippen molar-refractivity contribution in [3.8, 4) is 22.4 Å². The highest BCUT2D eigenvalue weighted by atomic mass is 79.9. The summed E-state index contributed by atoms with van der Waals surface area (Å²) in [6.45, 7) is 2.02. The van der Waals surface area contributed by atoms with Gasteiger partial charge in [0.15, 0.2) is 0 Å². The molecule has 104 valence electrons. The molecule has 0 unspecified atom stereocenters. The Balaban J connectivity index is 2.07. The number of aryl methyl sites for hydroxylation is 1. The highest BCUT2D eigenvalue weighted by Crippen LogP contribution is 2.27. The molecule has 0 saturated carbocycles. The van der Waals surface area contributed by atoms with Crippen molar-refractivity contribution < 1.29 is 0 Å². The lowest BCUT2D eigenvalue weighted by molar-refractivity contribution is 1.21. The highest BCUT2D eigenvalue weighted by Gasteiger charge is 2.05. The number of aromatic nitrogens is 1. The molecule has 1 aromatic heterocycles. The van der Waals surface area contributed by atoms with Gasteiger partial charge in [-0.1, -0.05) is 51.8 Å². The maximum absolute atomic E-state index is 5.96. The summed E-state index contributed by atoms with van der Waals surface area (Å²) in [5.41, 5.74) is 5.38. The van der Waals surface area contributed by atoms with Crippen molar-refractivity contribution in [3.63, 3.8) is 0 Å². The van der Waals surface area contributed by atoms with Crippen molar-refractivity contribution in [2.75, 3.05) is 0 Å². The average molecular weight is 359 g/mol. The molecule has 1 heterocycles. The van der Waals surface area contributed by atoms with E-state index >= 15 is 0 Å². The minimum atomic E-state index is 0.748. The van der Waals surface area contributed by atoms with Gasteiger partial charge in [-0.05, 0) is 54.4 Å². The van der Waals surface area contributed by atoms with E-state index in [0.717, 1.165) is 37.6 Å². The second-order valence-corrected chi connectivity index (χ2v) is 6.25. The first-order chi connectivity index (χ1) is 10.1. The average Bonchev–Trinajstić information content (AvgIpc) is 2.48. The fraction of sp³-hybridized carbons (Fsp3) is 0.0556. The Kier molecular flexibility index (Phi) is 4.09. The molecule has 0 N–H and O–H groups in total. The third kappa shape index (κ3) is 3.34. The van der Waals surface area contributed by atoms with Crippen molar-refractivity contribution in [3.05, 3.63) is 75.9 Å². The van der Waals surface area contributed by atoms with Crippen molar-refractivity contribution in [2.45, 2.75) is 6.92 Å². The van der Waals surface area contributed by atoms with Crippen LogP contribution in [0.1, 0.15) is 5.69 Å². The lowest BCUT2D eigenvalue weighted by Gasteiger charge is -2.08. The Bertz CT molecular complexity index is 700. The second-order valence-electron chi connectivity index (χ2n) is 4.90. The van der Waals surface area contributed by atoms with E-state index in [1.54, 1.807) is 0 Å². The van der Waals surface area contributed by atoms with E-state index in [1.807, 2.05) is 43.3 Å². The van der Waals surface area contributed by atoms with Crippen LogP contribution in [0, 0.1) is 6.92 Å². The van der Waals surface area contributed by atoms with Crippen LogP contribution in [-0.2, 0) is 0 Å². The molecule has 3 heteroatoms. The predicted octanol–water partition coefficient (Wildman–Crippen LogP) is 6.14. The molecule has 0 spiro atoms. The Labute approximate surface area is 137 Å². The van der Waals surface area contributed by atoms with Gasteiger partial charge in [-0.3, -0.25) is 4.98 Å². The van der Waals surface area contributed by atoms with Crippen LogP contribution in [0.3, 0.4) is 0 Å². The van der Waals surface area contributed by atoms with Gasteiger partial charge in [0.2, 0.25) is 0 Å². The lowest BCUT2D eigenvalue weighted by atomic mass is 10.0. The highest BCUT2D eigenvalue weighted by molar-refractivity contribution is 9.10. The van der Waals surface area contributed by atoms with Crippen LogP contribution in [0.5, 0.6) is 0 Å². The molecule has 0 aliphatic heterocycles. The molecule has 0 atom stereocenters. The monoisotopic (exact) mass is 357 g/mol. The van der Waals surface area contributed by atoms with E-state index in [0.29, 0.717) is 0 Å². The van der Waals surface area contributed by atoms with E-state index in [1.165, 1.54) is 0 Å². The number of rotatable bonds is 2. The Morgan fingerprint density at radius 2 is 1.43 bits per heavy atom. The molecule has 3 aromatic rings. The second kappa shape index (κ2) is 6.00. The number of pyridine rings is 1. The first-order valence-corrected chi connectivity index (χ1v) is 7.79. The number of benzene rings is 2. The Hall–Kier alpha value is -1.64. The molecule has 0 fully saturated rings. The molecular formula is C18H13BrClN. The quantitative estimate of drug-likeness (QED) is 0.536. The fourth-order valence-electron chi connectivity index (χ4n) is 2.25. The first-order valence-electron chi connectivity index (χ1n) is 6.62. The maximum Gasteiger partial charge on any atom is 0.0711 e. The number of hydrogen-bond acceptors (Lipinski definition) is 1. The van der Waals surface area contributed by atoms with E-state index in [4.69, 9.17) is 11.6 Å². The Morgan fingerprint density at radius 3 is 2.10 bits per heavy atom. The summed E-state index contributed by atoms with van der Waals surface area (Å²) in [6.07, 6.45) is 0. The van der Waals surface area contributed by atoms with Crippen molar-refractivity contribution in [2.24, 2.45) is 0 Å². The summed E-state index contributed by atoms with van der Waals surface area (Å²) in [4.78, 5) is 4.64. The molecule has 1 nitrogen and oxygen atoms in total. The van der Waals surface area contributed by atoms with E-state index in [-0.39, 0.29) is 0 Å². The molecular weight excluding hydrogens is 346 g/mol. The number of hydrogen-bond donors (Lipinski definition) is 0. The van der Waals surface area contributed by atoms with Gasteiger partial charge in [0.05, 0.1) is 5.69 Å². The molecule has 3 rings (SSSR count). The van der Waals surface area contributed by atoms with Crippen LogP contribution in [0.15, 0.2) is 65.1 Å². The number of halogens is 2. The smallest absolute Gasteiger partial charge is 0.0711 e. The summed E-state index contributed by atoms with van der Waals surface area (Å²) < 4.78 is 1.07. The first kappa shape index (κ1) is 14.3. The van der Waals surface area contributed by atoms with Crippen LogP contribution >= 0.6 is 27.5 Å². The zero-order valence-electron chi connectivity index (χ0n) is 11.5. The van der Waals surface area contributed by atoms with Gasteiger partial charge in [-0.25, -0.2) is 0 Å². The predicted molar refractivity (Wildman–Crippen MR) is 92.6 cm³/mol. The van der Waals surface area contributed by atoms with Crippen LogP contribution in [-0.4, -0.2) is 4.98 Å². The molecule has 0 bridgehead atoms. The number of nitrogens with zero attached hydrogens (tertiary/aromatic N) is 1. The molecule has 0 radical (unpaired) electrons. The van der Waals surface area contributed by atoms with Crippen LogP contribution in [0.25, 0.3) is 22.4 Å². The normalized spacial score (nSPS) is 10.6. The van der Waals surface area contributed by atoms with Crippen molar-refractivity contribution >= 4 is 27.5 Å². The van der Waals surface area contributed by atoms with Gasteiger partial charge >= 0.3 is 0 Å². The van der Waals surface area contributed by atoms with E-state index < -0.39 is 0 Å². The van der Waals surface area contributed by atoms with Gasteiger partial charge < -0.3 is 0 Å². The van der Waals surface area contributed by atoms with Gasteiger partial charge in [0, 0.05) is 20.8 Å². The van der Waals surface area contributed by atoms with Gasteiger partial charge in [-0.2, -0.15) is 0 Å². The summed E-state index contributed by atoms with van der Waals surface area (Å²) >= 11 is 9.41. The van der Waals surface area contributed by atoms with Gasteiger partial charge in [0.1, 0.15) is 0 Å². The van der Waals surface area contributed by atoms with E-state index in [9.17, 15) is 0 Å². The minimum Gasteiger partial charge on any atom is -0.253 e. The molecule has 21 heavy (non-hydrogen) atoms. The van der Waals surface area contributed by atoms with Crippen LogP contribution in [0.2, 0.25) is 5.02 Å². The zero-order chi connectivity index (χ0) is 14.8. The molecule has 0 aliphatic carbocycles. The summed E-state index contributed by atoms with van der Waals surface area (Å²) in [7, 11) is 0. The summed E-state index contributed by atoms with van der Waals surface area (Å²) in [6, 6.07) is 20.3. The SMILES string of the molecule is Cc1cc(-c2ccc(Cl)cc2)cc(-c2ccc(Br)cc2)n1. The summed E-state index contributed by atoms with van der Waals surface area (Å²) in [5, 5.41) is 0.748. The third-order valence-electron chi connectivity index (χ3n) is 3.27. The summed E-state index contributed by atoms with van der Waals surface area (Å²) in [5.74, 6) is 0. The standard InChI is InChI=1S/C18H13BrClN/c1-12-10-15(13-4-8-17(20)9-5-13)11-18(21-12)14-2-6-16(19)7-3-14/h2-11H,1H3.